The Morgan fingerprint density at radius 1 is 1.18 bits per heavy atom. The first-order valence-corrected chi connectivity index (χ1v) is 7.77. The first-order chi connectivity index (χ1) is 10.5. The monoisotopic (exact) mass is 306 g/mol. The first kappa shape index (κ1) is 18.2. The number of nitrogens with one attached hydrogen (secondary N) is 2. The van der Waals surface area contributed by atoms with Crippen LogP contribution in [0.2, 0.25) is 0 Å². The van der Waals surface area contributed by atoms with Crippen LogP contribution in [-0.2, 0) is 0 Å². The van der Waals surface area contributed by atoms with E-state index in [0.717, 1.165) is 12.8 Å². The van der Waals surface area contributed by atoms with E-state index in [0.29, 0.717) is 24.1 Å². The van der Waals surface area contributed by atoms with E-state index in [-0.39, 0.29) is 18.4 Å². The maximum Gasteiger partial charge on any atom is 0.251 e. The molecule has 2 amide bonds. The molecule has 1 aromatic rings. The third kappa shape index (κ3) is 5.15. The van der Waals surface area contributed by atoms with Gasteiger partial charge in [0.1, 0.15) is 0 Å². The molecule has 1 atom stereocenters. The average Bonchev–Trinajstić information content (AvgIpc) is 2.52. The van der Waals surface area contributed by atoms with Crippen molar-refractivity contribution in [3.05, 3.63) is 35.4 Å². The molecule has 0 fully saturated rings. The van der Waals surface area contributed by atoms with Crippen molar-refractivity contribution in [3.8, 4) is 0 Å². The predicted molar refractivity (Wildman–Crippen MR) is 86.9 cm³/mol. The van der Waals surface area contributed by atoms with Gasteiger partial charge in [0.05, 0.1) is 0 Å². The van der Waals surface area contributed by atoms with Gasteiger partial charge in [0, 0.05) is 29.8 Å². The summed E-state index contributed by atoms with van der Waals surface area (Å²) in [6.45, 7) is 6.48. The summed E-state index contributed by atoms with van der Waals surface area (Å²) in [4.78, 5) is 24.3. The molecule has 0 heterocycles. The lowest BCUT2D eigenvalue weighted by Crippen LogP contribution is -2.46. The zero-order valence-corrected chi connectivity index (χ0v) is 13.6. The highest BCUT2D eigenvalue weighted by atomic mass is 16.3. The van der Waals surface area contributed by atoms with Gasteiger partial charge in [-0.1, -0.05) is 19.9 Å². The Morgan fingerprint density at radius 3 is 2.36 bits per heavy atom. The number of benzene rings is 1. The number of carbonyl (C=O) groups excluding carboxylic acids is 2. The summed E-state index contributed by atoms with van der Waals surface area (Å²) in [6, 6.07) is 6.66. The van der Waals surface area contributed by atoms with Gasteiger partial charge in [-0.15, -0.1) is 0 Å². The molecule has 3 N–H and O–H groups in total. The maximum absolute atomic E-state index is 12.4. The molecule has 0 aromatic heterocycles. The van der Waals surface area contributed by atoms with Crippen molar-refractivity contribution in [2.24, 2.45) is 0 Å². The van der Waals surface area contributed by atoms with Crippen molar-refractivity contribution in [2.45, 2.75) is 45.6 Å². The number of aliphatic hydroxyl groups is 1. The van der Waals surface area contributed by atoms with E-state index < -0.39 is 5.54 Å². The Bertz CT molecular complexity index is 516. The topological polar surface area (TPSA) is 78.4 Å². The Hall–Kier alpha value is -1.88. The molecule has 0 saturated heterocycles. The Balaban J connectivity index is 2.84. The van der Waals surface area contributed by atoms with Crippen LogP contribution in [0.15, 0.2) is 24.3 Å². The highest BCUT2D eigenvalue weighted by Gasteiger charge is 2.24. The van der Waals surface area contributed by atoms with Crippen molar-refractivity contribution < 1.29 is 14.7 Å². The van der Waals surface area contributed by atoms with Gasteiger partial charge in [0.15, 0.2) is 0 Å². The van der Waals surface area contributed by atoms with Crippen LogP contribution in [0.4, 0.5) is 0 Å². The van der Waals surface area contributed by atoms with Gasteiger partial charge < -0.3 is 15.7 Å². The maximum atomic E-state index is 12.4. The molecule has 0 bridgehead atoms. The number of amides is 2. The van der Waals surface area contributed by atoms with Gasteiger partial charge >= 0.3 is 0 Å². The molecule has 5 heteroatoms. The Labute approximate surface area is 132 Å². The van der Waals surface area contributed by atoms with Gasteiger partial charge in [-0.25, -0.2) is 0 Å². The van der Waals surface area contributed by atoms with Gasteiger partial charge in [-0.05, 0) is 44.4 Å². The van der Waals surface area contributed by atoms with Crippen molar-refractivity contribution in [1.82, 2.24) is 10.6 Å². The fourth-order valence-electron chi connectivity index (χ4n) is 2.06. The molecule has 0 radical (unpaired) electrons. The average molecular weight is 306 g/mol. The molecular weight excluding hydrogens is 280 g/mol. The largest absolute Gasteiger partial charge is 0.396 e. The third-order valence-corrected chi connectivity index (χ3v) is 3.78. The van der Waals surface area contributed by atoms with E-state index in [1.807, 2.05) is 20.8 Å². The van der Waals surface area contributed by atoms with Crippen LogP contribution in [0.5, 0.6) is 0 Å². The summed E-state index contributed by atoms with van der Waals surface area (Å²) in [6.07, 6.45) is 2.07. The normalized spacial score (nSPS) is 13.3. The number of hydrogen-bond donors (Lipinski definition) is 3. The molecule has 0 aliphatic heterocycles. The van der Waals surface area contributed by atoms with Crippen LogP contribution < -0.4 is 10.6 Å². The second-order valence-electron chi connectivity index (χ2n) is 5.68. The van der Waals surface area contributed by atoms with Crippen LogP contribution in [-0.4, -0.2) is 35.6 Å². The minimum Gasteiger partial charge on any atom is -0.396 e. The summed E-state index contributed by atoms with van der Waals surface area (Å²) < 4.78 is 0. The quantitative estimate of drug-likeness (QED) is 0.688. The van der Waals surface area contributed by atoms with Gasteiger partial charge in [-0.3, -0.25) is 9.59 Å². The van der Waals surface area contributed by atoms with E-state index in [4.69, 9.17) is 5.11 Å². The van der Waals surface area contributed by atoms with Gasteiger partial charge in [0.2, 0.25) is 0 Å². The lowest BCUT2D eigenvalue weighted by atomic mass is 9.94. The molecule has 1 rings (SSSR count). The Kier molecular flexibility index (Phi) is 7.05. The Morgan fingerprint density at radius 2 is 1.82 bits per heavy atom. The second kappa shape index (κ2) is 8.54. The van der Waals surface area contributed by atoms with Crippen molar-refractivity contribution in [1.29, 1.82) is 0 Å². The second-order valence-corrected chi connectivity index (χ2v) is 5.68. The molecule has 1 unspecified atom stereocenters. The number of aliphatic hydroxyl groups excluding tert-OH is 1. The number of rotatable bonds is 8. The summed E-state index contributed by atoms with van der Waals surface area (Å²) >= 11 is 0. The van der Waals surface area contributed by atoms with E-state index in [1.54, 1.807) is 24.3 Å². The SMILES string of the molecule is CCCNC(=O)c1cccc(C(=O)NC(C)(CC)CCO)c1. The summed E-state index contributed by atoms with van der Waals surface area (Å²) in [5.74, 6) is -0.409. The van der Waals surface area contributed by atoms with E-state index in [9.17, 15) is 9.59 Å². The van der Waals surface area contributed by atoms with E-state index >= 15 is 0 Å². The third-order valence-electron chi connectivity index (χ3n) is 3.78. The first-order valence-electron chi connectivity index (χ1n) is 7.77. The zero-order valence-electron chi connectivity index (χ0n) is 13.6. The van der Waals surface area contributed by atoms with Crippen LogP contribution in [0.25, 0.3) is 0 Å². The summed E-state index contributed by atoms with van der Waals surface area (Å²) in [5.41, 5.74) is 0.468. The molecule has 0 aliphatic rings. The number of hydrogen-bond acceptors (Lipinski definition) is 3. The molecule has 0 spiro atoms. The van der Waals surface area contributed by atoms with Crippen molar-refractivity contribution in [3.63, 3.8) is 0 Å². The summed E-state index contributed by atoms with van der Waals surface area (Å²) in [5, 5.41) is 14.8. The predicted octanol–water partition coefficient (Wildman–Crippen LogP) is 2.11. The lowest BCUT2D eigenvalue weighted by Gasteiger charge is -2.29. The molecule has 22 heavy (non-hydrogen) atoms. The minimum atomic E-state index is -0.452. The zero-order chi connectivity index (χ0) is 16.6. The van der Waals surface area contributed by atoms with E-state index in [1.165, 1.54) is 0 Å². The molecule has 0 aliphatic carbocycles. The van der Waals surface area contributed by atoms with Crippen LogP contribution in [0, 0.1) is 0 Å². The number of carbonyl (C=O) groups is 2. The standard InChI is InChI=1S/C17H26N2O3/c1-4-10-18-15(21)13-7-6-8-14(12-13)16(22)19-17(3,5-2)9-11-20/h6-8,12,20H,4-5,9-11H2,1-3H3,(H,18,21)(H,19,22). The smallest absolute Gasteiger partial charge is 0.251 e. The molecular formula is C17H26N2O3. The molecule has 0 saturated carbocycles. The van der Waals surface area contributed by atoms with Gasteiger partial charge in [-0.2, -0.15) is 0 Å². The lowest BCUT2D eigenvalue weighted by molar-refractivity contribution is 0.0886. The fourth-order valence-corrected chi connectivity index (χ4v) is 2.06. The minimum absolute atomic E-state index is 0.0179. The van der Waals surface area contributed by atoms with Crippen LogP contribution in [0.1, 0.15) is 60.7 Å². The highest BCUT2D eigenvalue weighted by Crippen LogP contribution is 2.15. The van der Waals surface area contributed by atoms with Crippen LogP contribution in [0.3, 0.4) is 0 Å². The molecule has 122 valence electrons. The molecule has 5 nitrogen and oxygen atoms in total. The van der Waals surface area contributed by atoms with E-state index in [2.05, 4.69) is 10.6 Å². The van der Waals surface area contributed by atoms with Crippen molar-refractivity contribution in [2.75, 3.05) is 13.2 Å². The molecule has 1 aromatic carbocycles. The summed E-state index contributed by atoms with van der Waals surface area (Å²) in [7, 11) is 0. The van der Waals surface area contributed by atoms with Crippen LogP contribution >= 0.6 is 0 Å². The fraction of sp³-hybridized carbons (Fsp3) is 0.529. The van der Waals surface area contributed by atoms with Crippen molar-refractivity contribution >= 4 is 11.8 Å². The van der Waals surface area contributed by atoms with Gasteiger partial charge in [0.25, 0.3) is 11.8 Å². The highest BCUT2D eigenvalue weighted by molar-refractivity contribution is 5.99.